The van der Waals surface area contributed by atoms with Crippen LogP contribution < -0.4 is 0 Å². The van der Waals surface area contributed by atoms with Gasteiger partial charge in [0.05, 0.1) is 13.5 Å². The summed E-state index contributed by atoms with van der Waals surface area (Å²) >= 11 is 0. The number of ether oxygens (including phenoxy) is 1. The molecule has 3 nitrogen and oxygen atoms in total. The average Bonchev–Trinajstić information content (AvgIpc) is 2.56. The number of carbonyl (C=O) groups excluding carboxylic acids is 1. The predicted octanol–water partition coefficient (Wildman–Crippen LogP) is 4.13. The van der Waals surface area contributed by atoms with Crippen molar-refractivity contribution in [2.45, 2.75) is 38.8 Å². The largest absolute Gasteiger partial charge is 0.469 e. The summed E-state index contributed by atoms with van der Waals surface area (Å²) in [6.07, 6.45) is 7.20. The molecule has 0 amide bonds. The molecule has 0 unspecified atom stereocenters. The zero-order valence-corrected chi connectivity index (χ0v) is 13.9. The first kappa shape index (κ1) is 18.2. The summed E-state index contributed by atoms with van der Waals surface area (Å²) in [5.74, 6) is -0.177. The Hall–Kier alpha value is -1.87. The van der Waals surface area contributed by atoms with Gasteiger partial charge in [-0.3, -0.25) is 9.69 Å². The van der Waals surface area contributed by atoms with Crippen molar-refractivity contribution in [3.05, 3.63) is 60.7 Å². The Morgan fingerprint density at radius 1 is 1.36 bits per heavy atom. The third-order valence-electron chi connectivity index (χ3n) is 3.86. The topological polar surface area (TPSA) is 29.5 Å². The minimum Gasteiger partial charge on any atom is -0.469 e. The highest BCUT2D eigenvalue weighted by Crippen LogP contribution is 2.25. The number of esters is 1. The Labute approximate surface area is 134 Å². The molecule has 0 saturated heterocycles. The number of benzene rings is 1. The fraction of sp³-hybridized carbons (Fsp3) is 0.421. The number of methoxy groups -OCH3 is 1. The molecule has 0 saturated carbocycles. The van der Waals surface area contributed by atoms with E-state index in [1.807, 2.05) is 37.3 Å². The van der Waals surface area contributed by atoms with Crippen LogP contribution in [0.4, 0.5) is 0 Å². The molecule has 22 heavy (non-hydrogen) atoms. The molecule has 0 aliphatic rings. The smallest absolute Gasteiger partial charge is 0.307 e. The van der Waals surface area contributed by atoms with Crippen LogP contribution in [-0.4, -0.2) is 30.6 Å². The lowest BCUT2D eigenvalue weighted by Crippen LogP contribution is -2.39. The third-order valence-corrected chi connectivity index (χ3v) is 3.86. The number of carbonyl (C=O) groups is 1. The first-order chi connectivity index (χ1) is 10.6. The Morgan fingerprint density at radius 2 is 2.05 bits per heavy atom. The molecule has 0 bridgehead atoms. The average molecular weight is 301 g/mol. The molecule has 0 N–H and O–H groups in total. The number of allylic oxidation sites excluding steroid dienone is 1. The van der Waals surface area contributed by atoms with Crippen LogP contribution in [0.5, 0.6) is 0 Å². The van der Waals surface area contributed by atoms with E-state index >= 15 is 0 Å². The van der Waals surface area contributed by atoms with Crippen molar-refractivity contribution in [2.75, 3.05) is 13.7 Å². The van der Waals surface area contributed by atoms with Gasteiger partial charge in [0.15, 0.2) is 0 Å². The molecule has 120 valence electrons. The Balaban J connectivity index is 2.99. The summed E-state index contributed by atoms with van der Waals surface area (Å²) in [7, 11) is 1.44. The van der Waals surface area contributed by atoms with E-state index in [2.05, 4.69) is 36.6 Å². The van der Waals surface area contributed by atoms with Crippen LogP contribution in [0.25, 0.3) is 0 Å². The lowest BCUT2D eigenvalue weighted by atomic mass is 10.0. The highest BCUT2D eigenvalue weighted by Gasteiger charge is 2.25. The highest BCUT2D eigenvalue weighted by molar-refractivity contribution is 5.70. The fourth-order valence-corrected chi connectivity index (χ4v) is 2.60. The Kier molecular flexibility index (Phi) is 8.23. The van der Waals surface area contributed by atoms with E-state index in [9.17, 15) is 4.79 Å². The summed E-state index contributed by atoms with van der Waals surface area (Å²) in [5, 5.41) is 0. The minimum absolute atomic E-state index is 0.0943. The van der Waals surface area contributed by atoms with Crippen molar-refractivity contribution in [3.8, 4) is 0 Å². The molecule has 0 heterocycles. The van der Waals surface area contributed by atoms with E-state index in [0.717, 1.165) is 13.0 Å². The predicted molar refractivity (Wildman–Crippen MR) is 91.6 cm³/mol. The van der Waals surface area contributed by atoms with Crippen LogP contribution in [-0.2, 0) is 9.53 Å². The van der Waals surface area contributed by atoms with Gasteiger partial charge in [0.25, 0.3) is 0 Å². The molecule has 0 spiro atoms. The summed E-state index contributed by atoms with van der Waals surface area (Å²) < 4.78 is 4.86. The van der Waals surface area contributed by atoms with Crippen molar-refractivity contribution in [1.82, 2.24) is 4.90 Å². The number of rotatable bonds is 9. The molecule has 0 radical (unpaired) electrons. The molecular formula is C19H27NO2. The second kappa shape index (κ2) is 9.96. The van der Waals surface area contributed by atoms with Crippen molar-refractivity contribution in [3.63, 3.8) is 0 Å². The van der Waals surface area contributed by atoms with Crippen molar-refractivity contribution < 1.29 is 9.53 Å². The van der Waals surface area contributed by atoms with Crippen LogP contribution >= 0.6 is 0 Å². The molecule has 2 atom stereocenters. The van der Waals surface area contributed by atoms with E-state index in [1.54, 1.807) is 0 Å². The van der Waals surface area contributed by atoms with Crippen LogP contribution in [0, 0.1) is 0 Å². The van der Waals surface area contributed by atoms with Gasteiger partial charge in [-0.05, 0) is 25.8 Å². The second-order valence-electron chi connectivity index (χ2n) is 5.31. The quantitative estimate of drug-likeness (QED) is 0.507. The molecule has 0 aromatic heterocycles. The van der Waals surface area contributed by atoms with Gasteiger partial charge in [0.2, 0.25) is 0 Å². The Bertz CT molecular complexity index is 481. The SMILES string of the molecule is C=CCN([C@H](C/C=C/C)CC(=O)OC)[C@H](C)c1ccccc1. The minimum atomic E-state index is -0.177. The summed E-state index contributed by atoms with van der Waals surface area (Å²) in [6, 6.07) is 10.6. The van der Waals surface area contributed by atoms with E-state index in [0.29, 0.717) is 6.42 Å². The summed E-state index contributed by atoms with van der Waals surface area (Å²) in [5.41, 5.74) is 1.24. The lowest BCUT2D eigenvalue weighted by Gasteiger charge is -2.35. The zero-order valence-electron chi connectivity index (χ0n) is 13.9. The maximum absolute atomic E-state index is 11.8. The van der Waals surface area contributed by atoms with Crippen LogP contribution in [0.2, 0.25) is 0 Å². The van der Waals surface area contributed by atoms with Crippen LogP contribution in [0.15, 0.2) is 55.1 Å². The monoisotopic (exact) mass is 301 g/mol. The van der Waals surface area contributed by atoms with E-state index in [-0.39, 0.29) is 18.1 Å². The van der Waals surface area contributed by atoms with Gasteiger partial charge in [0, 0.05) is 18.6 Å². The van der Waals surface area contributed by atoms with E-state index in [4.69, 9.17) is 4.74 Å². The molecular weight excluding hydrogens is 274 g/mol. The van der Waals surface area contributed by atoms with Gasteiger partial charge in [-0.2, -0.15) is 0 Å². The van der Waals surface area contributed by atoms with Gasteiger partial charge >= 0.3 is 5.97 Å². The molecule has 0 fully saturated rings. The van der Waals surface area contributed by atoms with E-state index < -0.39 is 0 Å². The standard InChI is InChI=1S/C19H27NO2/c1-5-7-13-18(15-19(21)22-4)20(14-6-2)16(3)17-11-9-8-10-12-17/h5-12,16,18H,2,13-15H2,1,3-4H3/b7-5+/t16-,18-/m1/s1. The maximum Gasteiger partial charge on any atom is 0.307 e. The number of nitrogens with zero attached hydrogens (tertiary/aromatic N) is 1. The van der Waals surface area contributed by atoms with Crippen LogP contribution in [0.1, 0.15) is 38.3 Å². The normalized spacial score (nSPS) is 14.0. The first-order valence-corrected chi connectivity index (χ1v) is 7.73. The number of hydrogen-bond acceptors (Lipinski definition) is 3. The summed E-state index contributed by atoms with van der Waals surface area (Å²) in [6.45, 7) is 8.75. The van der Waals surface area contributed by atoms with Gasteiger partial charge in [-0.1, -0.05) is 48.6 Å². The van der Waals surface area contributed by atoms with Gasteiger partial charge in [0.1, 0.15) is 0 Å². The van der Waals surface area contributed by atoms with Crippen molar-refractivity contribution >= 4 is 5.97 Å². The van der Waals surface area contributed by atoms with Gasteiger partial charge in [-0.25, -0.2) is 0 Å². The van der Waals surface area contributed by atoms with Gasteiger partial charge in [-0.15, -0.1) is 6.58 Å². The Morgan fingerprint density at radius 3 is 2.59 bits per heavy atom. The maximum atomic E-state index is 11.8. The summed E-state index contributed by atoms with van der Waals surface area (Å²) in [4.78, 5) is 14.1. The van der Waals surface area contributed by atoms with E-state index in [1.165, 1.54) is 12.7 Å². The van der Waals surface area contributed by atoms with Crippen molar-refractivity contribution in [1.29, 1.82) is 0 Å². The molecule has 1 aromatic carbocycles. The van der Waals surface area contributed by atoms with Gasteiger partial charge < -0.3 is 4.74 Å². The van der Waals surface area contributed by atoms with Crippen LogP contribution in [0.3, 0.4) is 0 Å². The molecule has 3 heteroatoms. The highest BCUT2D eigenvalue weighted by atomic mass is 16.5. The second-order valence-corrected chi connectivity index (χ2v) is 5.31. The molecule has 0 aliphatic heterocycles. The van der Waals surface area contributed by atoms with Crippen molar-refractivity contribution in [2.24, 2.45) is 0 Å². The third kappa shape index (κ3) is 5.49. The molecule has 1 aromatic rings. The molecule has 0 aliphatic carbocycles. The molecule has 1 rings (SSSR count). The zero-order chi connectivity index (χ0) is 16.4. The fourth-order valence-electron chi connectivity index (χ4n) is 2.60. The lowest BCUT2D eigenvalue weighted by molar-refractivity contribution is -0.142. The number of hydrogen-bond donors (Lipinski definition) is 0. The first-order valence-electron chi connectivity index (χ1n) is 7.73.